The Kier molecular flexibility index (Phi) is 4.56. The Bertz CT molecular complexity index is 614. The van der Waals surface area contributed by atoms with E-state index in [0.29, 0.717) is 29.4 Å². The number of carbonyl (C=O) groups excluding carboxylic acids is 1. The van der Waals surface area contributed by atoms with Crippen molar-refractivity contribution in [1.82, 2.24) is 0 Å². The van der Waals surface area contributed by atoms with Crippen molar-refractivity contribution in [2.45, 2.75) is 0 Å². The van der Waals surface area contributed by atoms with Crippen molar-refractivity contribution in [2.24, 2.45) is 0 Å². The van der Waals surface area contributed by atoms with Crippen LogP contribution in [0.15, 0.2) is 28.7 Å². The fourth-order valence-corrected chi connectivity index (χ4v) is 3.28. The van der Waals surface area contributed by atoms with Gasteiger partial charge in [-0.1, -0.05) is 40.9 Å². The second-order valence-corrected chi connectivity index (χ2v) is 6.78. The van der Waals surface area contributed by atoms with Gasteiger partial charge >= 0.3 is 0 Å². The third-order valence-corrected chi connectivity index (χ3v) is 4.99. The molecule has 2 nitrogen and oxygen atoms in total. The molecule has 0 spiro atoms. The Morgan fingerprint density at radius 1 is 1.28 bits per heavy atom. The summed E-state index contributed by atoms with van der Waals surface area (Å²) in [5.41, 5.74) is 0.921. The summed E-state index contributed by atoms with van der Waals surface area (Å²) in [4.78, 5) is 12.0. The highest BCUT2D eigenvalue weighted by Crippen LogP contribution is 2.33. The van der Waals surface area contributed by atoms with Crippen LogP contribution in [0.2, 0.25) is 13.7 Å². The van der Waals surface area contributed by atoms with Gasteiger partial charge in [-0.05, 0) is 34.1 Å². The van der Waals surface area contributed by atoms with Crippen LogP contribution in [0, 0.1) is 0 Å². The fourth-order valence-electron chi connectivity index (χ4n) is 1.29. The minimum absolute atomic E-state index is 0.328. The smallest absolute Gasteiger partial charge is 0.258 e. The Morgan fingerprint density at radius 3 is 2.61 bits per heavy atom. The van der Waals surface area contributed by atoms with E-state index >= 15 is 0 Å². The van der Waals surface area contributed by atoms with Gasteiger partial charge < -0.3 is 5.32 Å². The topological polar surface area (TPSA) is 29.1 Å². The molecule has 7 heteroatoms. The molecule has 0 aliphatic carbocycles. The molecule has 0 atom stereocenters. The van der Waals surface area contributed by atoms with Gasteiger partial charge in [-0.25, -0.2) is 0 Å². The molecule has 0 aliphatic heterocycles. The highest BCUT2D eigenvalue weighted by molar-refractivity contribution is 9.10. The summed E-state index contributed by atoms with van der Waals surface area (Å²) in [7, 11) is 0. The van der Waals surface area contributed by atoms with Crippen molar-refractivity contribution in [2.75, 3.05) is 5.32 Å². The van der Waals surface area contributed by atoms with Gasteiger partial charge in [0.2, 0.25) is 0 Å². The minimum Gasteiger partial charge on any atom is -0.321 e. The summed E-state index contributed by atoms with van der Waals surface area (Å²) >= 11 is 22.1. The van der Waals surface area contributed by atoms with Crippen LogP contribution in [0.25, 0.3) is 0 Å². The predicted molar refractivity (Wildman–Crippen MR) is 81.4 cm³/mol. The number of rotatable bonds is 2. The monoisotopic (exact) mass is 383 g/mol. The SMILES string of the molecule is O=C(Nc1cccc(Cl)c1Br)c1cc(Cl)sc1Cl. The molecular formula is C11H5BrCl3NOS. The number of hydrogen-bond acceptors (Lipinski definition) is 2. The lowest BCUT2D eigenvalue weighted by Gasteiger charge is -2.07. The van der Waals surface area contributed by atoms with Crippen LogP contribution in [-0.2, 0) is 0 Å². The summed E-state index contributed by atoms with van der Waals surface area (Å²) in [5, 5.41) is 3.23. The summed E-state index contributed by atoms with van der Waals surface area (Å²) in [5.74, 6) is -0.328. The van der Waals surface area contributed by atoms with Crippen molar-refractivity contribution >= 4 is 73.7 Å². The number of thiophene rings is 1. The molecular weight excluding hydrogens is 380 g/mol. The molecule has 1 N–H and O–H groups in total. The lowest BCUT2D eigenvalue weighted by atomic mass is 10.3. The normalized spacial score (nSPS) is 10.4. The zero-order valence-electron chi connectivity index (χ0n) is 8.64. The summed E-state index contributed by atoms with van der Waals surface area (Å²) < 4.78 is 1.45. The maximum Gasteiger partial charge on any atom is 0.258 e. The van der Waals surface area contributed by atoms with Crippen LogP contribution in [0.5, 0.6) is 0 Å². The standard InChI is InChI=1S/C11H5BrCl3NOS/c12-9-6(13)2-1-3-7(9)16-11(17)5-4-8(14)18-10(5)15/h1-4H,(H,16,17). The third kappa shape index (κ3) is 3.00. The highest BCUT2D eigenvalue weighted by atomic mass is 79.9. The summed E-state index contributed by atoms with van der Waals surface area (Å²) in [6.45, 7) is 0. The van der Waals surface area contributed by atoms with Crippen molar-refractivity contribution < 1.29 is 4.79 Å². The molecule has 0 fully saturated rings. The van der Waals surface area contributed by atoms with Crippen molar-refractivity contribution in [3.63, 3.8) is 0 Å². The van der Waals surface area contributed by atoms with Crippen LogP contribution in [0.1, 0.15) is 10.4 Å². The first-order valence-corrected chi connectivity index (χ1v) is 7.43. The average Bonchev–Trinajstić information content (AvgIpc) is 2.64. The lowest BCUT2D eigenvalue weighted by molar-refractivity contribution is 0.102. The molecule has 0 saturated carbocycles. The van der Waals surface area contributed by atoms with Gasteiger partial charge in [0.15, 0.2) is 0 Å². The van der Waals surface area contributed by atoms with E-state index in [1.807, 2.05) is 0 Å². The first-order chi connectivity index (χ1) is 8.49. The number of hydrogen-bond donors (Lipinski definition) is 1. The molecule has 0 radical (unpaired) electrons. The zero-order valence-corrected chi connectivity index (χ0v) is 13.3. The molecule has 0 saturated heterocycles. The first-order valence-electron chi connectivity index (χ1n) is 4.69. The van der Waals surface area contributed by atoms with Gasteiger partial charge in [0.05, 0.1) is 25.1 Å². The molecule has 1 amide bonds. The van der Waals surface area contributed by atoms with E-state index in [9.17, 15) is 4.79 Å². The zero-order chi connectivity index (χ0) is 13.3. The number of benzene rings is 1. The van der Waals surface area contributed by atoms with Crippen LogP contribution in [-0.4, -0.2) is 5.91 Å². The second-order valence-electron chi connectivity index (χ2n) is 3.29. The van der Waals surface area contributed by atoms with Gasteiger partial charge in [0.1, 0.15) is 4.34 Å². The predicted octanol–water partition coefficient (Wildman–Crippen LogP) is 5.72. The summed E-state index contributed by atoms with van der Waals surface area (Å²) in [6, 6.07) is 6.72. The van der Waals surface area contributed by atoms with E-state index in [1.54, 1.807) is 18.2 Å². The molecule has 0 bridgehead atoms. The molecule has 1 heterocycles. The van der Waals surface area contributed by atoms with Crippen molar-refractivity contribution in [3.05, 3.63) is 48.0 Å². The van der Waals surface area contributed by atoms with E-state index in [2.05, 4.69) is 21.2 Å². The molecule has 0 aliphatic rings. The molecule has 1 aromatic carbocycles. The molecule has 94 valence electrons. The number of halogens is 4. The minimum atomic E-state index is -0.328. The van der Waals surface area contributed by atoms with Crippen LogP contribution < -0.4 is 5.32 Å². The van der Waals surface area contributed by atoms with Crippen molar-refractivity contribution in [1.29, 1.82) is 0 Å². The molecule has 1 aromatic heterocycles. The second kappa shape index (κ2) is 5.80. The average molecular weight is 385 g/mol. The first kappa shape index (κ1) is 14.2. The molecule has 0 unspecified atom stereocenters. The van der Waals surface area contributed by atoms with E-state index in [4.69, 9.17) is 34.8 Å². The van der Waals surface area contributed by atoms with Crippen LogP contribution in [0.3, 0.4) is 0 Å². The quantitative estimate of drug-likeness (QED) is 0.703. The number of carbonyl (C=O) groups is 1. The Balaban J connectivity index is 2.27. The molecule has 2 rings (SSSR count). The van der Waals surface area contributed by atoms with Crippen LogP contribution in [0.4, 0.5) is 5.69 Å². The van der Waals surface area contributed by atoms with Gasteiger partial charge in [0, 0.05) is 0 Å². The molecule has 2 aromatic rings. The Labute approximate surface area is 131 Å². The maximum atomic E-state index is 12.0. The third-order valence-electron chi connectivity index (χ3n) is 2.10. The number of nitrogens with one attached hydrogen (secondary N) is 1. The highest BCUT2D eigenvalue weighted by Gasteiger charge is 2.15. The van der Waals surface area contributed by atoms with E-state index in [0.717, 1.165) is 11.3 Å². The van der Waals surface area contributed by atoms with Crippen LogP contribution >= 0.6 is 62.1 Å². The largest absolute Gasteiger partial charge is 0.321 e. The van der Waals surface area contributed by atoms with E-state index < -0.39 is 0 Å². The van der Waals surface area contributed by atoms with E-state index in [-0.39, 0.29) is 5.91 Å². The summed E-state index contributed by atoms with van der Waals surface area (Å²) in [6.07, 6.45) is 0. The van der Waals surface area contributed by atoms with Gasteiger partial charge in [-0.2, -0.15) is 0 Å². The van der Waals surface area contributed by atoms with Gasteiger partial charge in [-0.15, -0.1) is 11.3 Å². The van der Waals surface area contributed by atoms with Gasteiger partial charge in [0.25, 0.3) is 5.91 Å². The maximum absolute atomic E-state index is 12.0. The van der Waals surface area contributed by atoms with Gasteiger partial charge in [-0.3, -0.25) is 4.79 Å². The number of anilines is 1. The fraction of sp³-hybridized carbons (Fsp3) is 0. The Hall–Kier alpha value is -0.260. The van der Waals surface area contributed by atoms with E-state index in [1.165, 1.54) is 6.07 Å². The van der Waals surface area contributed by atoms with Crippen molar-refractivity contribution in [3.8, 4) is 0 Å². The Morgan fingerprint density at radius 2 is 2.00 bits per heavy atom. The number of amides is 1. The molecule has 18 heavy (non-hydrogen) atoms. The lowest BCUT2D eigenvalue weighted by Crippen LogP contribution is -2.11.